The van der Waals surface area contributed by atoms with E-state index in [-0.39, 0.29) is 0 Å². The van der Waals surface area contributed by atoms with Crippen LogP contribution in [0.25, 0.3) is 0 Å². The van der Waals surface area contributed by atoms with Gasteiger partial charge in [0, 0.05) is 10.2 Å². The van der Waals surface area contributed by atoms with E-state index < -0.39 is 0 Å². The molecule has 0 rings (SSSR count). The molecule has 0 aromatic rings. The van der Waals surface area contributed by atoms with Crippen molar-refractivity contribution in [3.63, 3.8) is 0 Å². The Kier molecular flexibility index (Phi) is 5.27. The van der Waals surface area contributed by atoms with Gasteiger partial charge in [-0.3, -0.25) is 0 Å². The maximum Gasteiger partial charge on any atom is 0.234 e. The van der Waals surface area contributed by atoms with Crippen LogP contribution in [0.2, 0.25) is 6.04 Å². The van der Waals surface area contributed by atoms with E-state index in [9.17, 15) is 4.79 Å². The summed E-state index contributed by atoms with van der Waals surface area (Å²) in [5.41, 5.74) is 0. The molecule has 39 valence electrons. The molecular formula is C4H8NOSi. The highest BCUT2D eigenvalue weighted by Gasteiger charge is 1.74. The van der Waals surface area contributed by atoms with Crippen LogP contribution in [0.5, 0.6) is 0 Å². The molecule has 0 heterocycles. The molecule has 0 saturated carbocycles. The van der Waals surface area contributed by atoms with E-state index in [0.717, 1.165) is 12.5 Å². The van der Waals surface area contributed by atoms with E-state index >= 15 is 0 Å². The Hall–Kier alpha value is -0.403. The average molecular weight is 114 g/mol. The third-order valence-electron chi connectivity index (χ3n) is 0.584. The molecule has 0 aliphatic carbocycles. The van der Waals surface area contributed by atoms with Crippen molar-refractivity contribution >= 4 is 16.3 Å². The van der Waals surface area contributed by atoms with Crippen LogP contribution in [0, 0.1) is 0 Å². The second kappa shape index (κ2) is 5.60. The van der Waals surface area contributed by atoms with Gasteiger partial charge >= 0.3 is 0 Å². The van der Waals surface area contributed by atoms with Gasteiger partial charge in [0.05, 0.1) is 6.54 Å². The van der Waals surface area contributed by atoms with Crippen molar-refractivity contribution in [3.05, 3.63) is 0 Å². The quantitative estimate of drug-likeness (QED) is 0.215. The van der Waals surface area contributed by atoms with E-state index in [2.05, 4.69) is 4.99 Å². The Balaban J connectivity index is 2.83. The van der Waals surface area contributed by atoms with E-state index in [1.165, 1.54) is 6.08 Å². The predicted molar refractivity (Wildman–Crippen MR) is 31.0 cm³/mol. The molecule has 0 bridgehead atoms. The van der Waals surface area contributed by atoms with Crippen LogP contribution in [0.1, 0.15) is 6.42 Å². The Bertz CT molecular complexity index is 77.8. The topological polar surface area (TPSA) is 29.4 Å². The zero-order valence-corrected chi connectivity index (χ0v) is 5.60. The average Bonchev–Trinajstić information content (AvgIpc) is 1.69. The SMILES string of the molecule is O=C=NCCC[SiH2]. The van der Waals surface area contributed by atoms with Gasteiger partial charge in [-0.05, 0) is 6.42 Å². The molecule has 0 aliphatic heterocycles. The van der Waals surface area contributed by atoms with Crippen molar-refractivity contribution in [1.82, 2.24) is 0 Å². The molecule has 0 fully saturated rings. The van der Waals surface area contributed by atoms with Crippen molar-refractivity contribution in [2.75, 3.05) is 6.54 Å². The fourth-order valence-corrected chi connectivity index (χ4v) is 0.460. The van der Waals surface area contributed by atoms with Gasteiger partial charge in [0.2, 0.25) is 6.08 Å². The lowest BCUT2D eigenvalue weighted by atomic mass is 10.5. The molecule has 0 atom stereocenters. The van der Waals surface area contributed by atoms with Gasteiger partial charge in [0.1, 0.15) is 0 Å². The highest BCUT2D eigenvalue weighted by Crippen LogP contribution is 1.81. The number of nitrogens with zero attached hydrogens (tertiary/aromatic N) is 1. The van der Waals surface area contributed by atoms with Crippen molar-refractivity contribution in [2.45, 2.75) is 12.5 Å². The first-order valence-electron chi connectivity index (χ1n) is 2.24. The third-order valence-corrected chi connectivity index (χ3v) is 1.08. The molecule has 2 nitrogen and oxygen atoms in total. The van der Waals surface area contributed by atoms with Crippen LogP contribution in [-0.2, 0) is 4.79 Å². The molecule has 0 saturated heterocycles. The van der Waals surface area contributed by atoms with Gasteiger partial charge < -0.3 is 0 Å². The molecule has 3 heteroatoms. The molecule has 0 aliphatic rings. The van der Waals surface area contributed by atoms with E-state index in [1.807, 2.05) is 10.2 Å². The van der Waals surface area contributed by atoms with Gasteiger partial charge in [-0.2, -0.15) is 0 Å². The van der Waals surface area contributed by atoms with Crippen LogP contribution in [-0.4, -0.2) is 22.9 Å². The highest BCUT2D eigenvalue weighted by molar-refractivity contribution is 6.08. The summed E-state index contributed by atoms with van der Waals surface area (Å²) in [7, 11) is 1.89. The molecule has 0 spiro atoms. The molecule has 0 amide bonds. The second-order valence-electron chi connectivity index (χ2n) is 1.18. The van der Waals surface area contributed by atoms with Crippen molar-refractivity contribution in [2.24, 2.45) is 4.99 Å². The number of carbonyl (C=O) groups excluding carboxylic acids is 1. The van der Waals surface area contributed by atoms with E-state index in [1.54, 1.807) is 0 Å². The van der Waals surface area contributed by atoms with Gasteiger partial charge in [0.15, 0.2) is 0 Å². The zero-order chi connectivity index (χ0) is 5.54. The summed E-state index contributed by atoms with van der Waals surface area (Å²) in [5.74, 6) is 0. The number of hydrogen-bond acceptors (Lipinski definition) is 2. The predicted octanol–water partition coefficient (Wildman–Crippen LogP) is -0.236. The number of isocyanates is 1. The molecular weight excluding hydrogens is 106 g/mol. The van der Waals surface area contributed by atoms with Crippen molar-refractivity contribution < 1.29 is 4.79 Å². The van der Waals surface area contributed by atoms with Crippen LogP contribution >= 0.6 is 0 Å². The summed E-state index contributed by atoms with van der Waals surface area (Å²) in [6, 6.07) is 1.12. The summed E-state index contributed by atoms with van der Waals surface area (Å²) in [5, 5.41) is 0. The lowest BCUT2D eigenvalue weighted by Gasteiger charge is -1.80. The van der Waals surface area contributed by atoms with Crippen LogP contribution in [0.4, 0.5) is 0 Å². The zero-order valence-electron chi connectivity index (χ0n) is 4.18. The maximum absolute atomic E-state index is 9.39. The van der Waals surface area contributed by atoms with Gasteiger partial charge in [-0.25, -0.2) is 9.79 Å². The lowest BCUT2D eigenvalue weighted by Crippen LogP contribution is -1.76. The summed E-state index contributed by atoms with van der Waals surface area (Å²) in [4.78, 5) is 12.8. The molecule has 0 aromatic carbocycles. The van der Waals surface area contributed by atoms with Crippen molar-refractivity contribution in [3.8, 4) is 0 Å². The fraction of sp³-hybridized carbons (Fsp3) is 0.750. The normalized spacial score (nSPS) is 7.57. The Morgan fingerprint density at radius 1 is 1.71 bits per heavy atom. The smallest absolute Gasteiger partial charge is 0.211 e. The summed E-state index contributed by atoms with van der Waals surface area (Å²) in [6.07, 6.45) is 2.49. The molecule has 7 heavy (non-hydrogen) atoms. The molecule has 0 unspecified atom stereocenters. The van der Waals surface area contributed by atoms with Gasteiger partial charge in [0.25, 0.3) is 0 Å². The second-order valence-corrected chi connectivity index (χ2v) is 1.89. The molecule has 1 radical (unpaired) electrons. The van der Waals surface area contributed by atoms with E-state index in [4.69, 9.17) is 0 Å². The van der Waals surface area contributed by atoms with Crippen LogP contribution in [0.15, 0.2) is 4.99 Å². The highest BCUT2D eigenvalue weighted by atomic mass is 28.1. The van der Waals surface area contributed by atoms with Gasteiger partial charge in [-0.1, -0.05) is 6.04 Å². The fourth-order valence-electron chi connectivity index (χ4n) is 0.237. The summed E-state index contributed by atoms with van der Waals surface area (Å²) < 4.78 is 0. The van der Waals surface area contributed by atoms with E-state index in [0.29, 0.717) is 6.54 Å². The summed E-state index contributed by atoms with van der Waals surface area (Å²) >= 11 is 0. The number of aliphatic imine (C=N–C) groups is 1. The first-order chi connectivity index (χ1) is 3.41. The molecule has 0 N–H and O–H groups in total. The standard InChI is InChI=1S/C4H8NOSi/c6-4-5-2-1-3-7/h1-3,7H2. The number of rotatable bonds is 3. The lowest BCUT2D eigenvalue weighted by molar-refractivity contribution is 0.562. The Morgan fingerprint density at radius 2 is 2.43 bits per heavy atom. The van der Waals surface area contributed by atoms with Gasteiger partial charge in [-0.15, -0.1) is 0 Å². The van der Waals surface area contributed by atoms with Crippen LogP contribution < -0.4 is 0 Å². The third kappa shape index (κ3) is 5.60. The number of hydrogen-bond donors (Lipinski definition) is 0. The Labute approximate surface area is 46.1 Å². The largest absolute Gasteiger partial charge is 0.234 e. The molecule has 0 aromatic heterocycles. The monoisotopic (exact) mass is 114 g/mol. The minimum Gasteiger partial charge on any atom is -0.211 e. The minimum atomic E-state index is 0.646. The maximum atomic E-state index is 9.39. The summed E-state index contributed by atoms with van der Waals surface area (Å²) in [6.45, 7) is 0.646. The minimum absolute atomic E-state index is 0.646. The van der Waals surface area contributed by atoms with Crippen LogP contribution in [0.3, 0.4) is 0 Å². The van der Waals surface area contributed by atoms with Crippen molar-refractivity contribution in [1.29, 1.82) is 0 Å². The Morgan fingerprint density at radius 3 is 2.86 bits per heavy atom. The first kappa shape index (κ1) is 6.60. The first-order valence-corrected chi connectivity index (χ1v) is 3.24.